The van der Waals surface area contributed by atoms with Gasteiger partial charge in [0.2, 0.25) is 5.89 Å². The van der Waals surface area contributed by atoms with Crippen molar-refractivity contribution in [2.45, 2.75) is 18.7 Å². The Morgan fingerprint density at radius 2 is 1.93 bits per heavy atom. The summed E-state index contributed by atoms with van der Waals surface area (Å²) in [5.41, 5.74) is 3.26. The highest BCUT2D eigenvalue weighted by Gasteiger charge is 2.18. The number of nitrogens with one attached hydrogen (secondary N) is 1. The molecule has 4 aromatic rings. The smallest absolute Gasteiger partial charge is 0.225 e. The number of hydrogen-bond acceptors (Lipinski definition) is 6. The highest BCUT2D eigenvalue weighted by atomic mass is 32.2. The van der Waals surface area contributed by atoms with Gasteiger partial charge in [-0.2, -0.15) is 0 Å². The van der Waals surface area contributed by atoms with E-state index >= 15 is 0 Å². The van der Waals surface area contributed by atoms with Crippen molar-refractivity contribution in [1.82, 2.24) is 10.1 Å². The van der Waals surface area contributed by atoms with E-state index in [0.717, 1.165) is 11.8 Å². The number of aldehydes is 1. The molecule has 2 aromatic heterocycles. The van der Waals surface area contributed by atoms with Crippen molar-refractivity contribution in [3.8, 4) is 22.6 Å². The zero-order valence-corrected chi connectivity index (χ0v) is 16.5. The number of hydrogen-bond donors (Lipinski definition) is 1. The molecule has 8 heteroatoms. The lowest BCUT2D eigenvalue weighted by molar-refractivity contribution is 0.112. The van der Waals surface area contributed by atoms with Gasteiger partial charge in [0.15, 0.2) is 23.1 Å². The van der Waals surface area contributed by atoms with E-state index in [4.69, 9.17) is 8.94 Å². The van der Waals surface area contributed by atoms with Gasteiger partial charge in [-0.25, -0.2) is 9.19 Å². The van der Waals surface area contributed by atoms with Crippen LogP contribution in [0, 0.1) is 13.8 Å². The molecule has 0 aliphatic rings. The molecule has 146 valence electrons. The normalized spacial score (nSPS) is 11.9. The molecule has 0 bridgehead atoms. The van der Waals surface area contributed by atoms with Gasteiger partial charge >= 0.3 is 0 Å². The molecule has 2 heterocycles. The van der Waals surface area contributed by atoms with Crippen LogP contribution in [-0.4, -0.2) is 20.6 Å². The van der Waals surface area contributed by atoms with Gasteiger partial charge in [-0.15, -0.1) is 0 Å². The first kappa shape index (κ1) is 18.8. The fraction of sp³-hybridized carbons (Fsp3) is 0.0952. The molecule has 0 fully saturated rings. The molecule has 2 aromatic carbocycles. The summed E-state index contributed by atoms with van der Waals surface area (Å²) in [6.07, 6.45) is 3.78. The summed E-state index contributed by atoms with van der Waals surface area (Å²) in [6.45, 7) is 3.62. The Kier molecular flexibility index (Phi) is 5.09. The summed E-state index contributed by atoms with van der Waals surface area (Å²) in [7, 11) is -1.61. The number of aromatic nitrogens is 2. The highest BCUT2D eigenvalue weighted by Crippen LogP contribution is 2.32. The number of benzene rings is 2. The van der Waals surface area contributed by atoms with E-state index in [9.17, 15) is 9.00 Å². The number of carbonyl (C=O) groups is 1. The van der Waals surface area contributed by atoms with Crippen LogP contribution in [0.3, 0.4) is 0 Å². The van der Waals surface area contributed by atoms with E-state index < -0.39 is 11.0 Å². The summed E-state index contributed by atoms with van der Waals surface area (Å²) >= 11 is 0. The van der Waals surface area contributed by atoms with E-state index in [1.54, 1.807) is 37.4 Å². The lowest BCUT2D eigenvalue weighted by atomic mass is 9.98. The Labute approximate surface area is 169 Å². The fourth-order valence-corrected chi connectivity index (χ4v) is 3.97. The first-order valence-corrected chi connectivity index (χ1v) is 9.93. The number of nitrogens with zero attached hydrogens (tertiary/aromatic N) is 2. The fourth-order valence-electron chi connectivity index (χ4n) is 2.91. The number of carbonyl (C=O) groups excluding carboxylic acids is 1. The highest BCUT2D eigenvalue weighted by molar-refractivity contribution is 7.86. The second kappa shape index (κ2) is 7.84. The van der Waals surface area contributed by atoms with Gasteiger partial charge in [0.1, 0.15) is 12.0 Å². The molecule has 0 radical (unpaired) electrons. The SMILES string of the molecule is Cc1onc(NS(=O)c2ccccc2-c2ccc(-c3ncco3)cc2C=O)c1C. The second-order valence-corrected chi connectivity index (χ2v) is 7.52. The molecule has 29 heavy (non-hydrogen) atoms. The van der Waals surface area contributed by atoms with Gasteiger partial charge in [0.05, 0.1) is 11.1 Å². The third-order valence-corrected chi connectivity index (χ3v) is 5.72. The first-order chi connectivity index (χ1) is 14.1. The minimum Gasteiger partial charge on any atom is -0.445 e. The molecule has 0 aliphatic carbocycles. The molecule has 0 saturated carbocycles. The molecule has 0 aliphatic heterocycles. The lowest BCUT2D eigenvalue weighted by Crippen LogP contribution is -2.08. The second-order valence-electron chi connectivity index (χ2n) is 6.34. The number of oxazole rings is 1. The van der Waals surface area contributed by atoms with Crippen LogP contribution in [-0.2, 0) is 11.0 Å². The third kappa shape index (κ3) is 3.62. The molecule has 1 unspecified atom stereocenters. The number of aryl methyl sites for hydroxylation is 1. The summed E-state index contributed by atoms with van der Waals surface area (Å²) in [5.74, 6) is 1.50. The minimum atomic E-state index is -1.61. The molecule has 7 nitrogen and oxygen atoms in total. The standard InChI is InChI=1S/C21H17N3O4S/c1-13-14(2)28-23-20(13)24-29(26)19-6-4-3-5-18(19)17-8-7-15(11-16(17)12-25)21-22-9-10-27-21/h3-12H,1-2H3,(H,23,24). The van der Waals surface area contributed by atoms with E-state index in [1.165, 1.54) is 6.26 Å². The molecule has 0 saturated heterocycles. The van der Waals surface area contributed by atoms with Gasteiger partial charge in [-0.1, -0.05) is 29.4 Å². The van der Waals surface area contributed by atoms with E-state index in [2.05, 4.69) is 14.9 Å². The third-order valence-electron chi connectivity index (χ3n) is 4.58. The predicted octanol–water partition coefficient (Wildman–Crippen LogP) is 4.56. The van der Waals surface area contributed by atoms with Gasteiger partial charge in [0, 0.05) is 22.3 Å². The minimum absolute atomic E-state index is 0.422. The predicted molar refractivity (Wildman–Crippen MR) is 109 cm³/mol. The average molecular weight is 407 g/mol. The van der Waals surface area contributed by atoms with Crippen LogP contribution in [0.1, 0.15) is 21.7 Å². The van der Waals surface area contributed by atoms with Crippen molar-refractivity contribution in [2.75, 3.05) is 4.72 Å². The zero-order valence-electron chi connectivity index (χ0n) is 15.7. The van der Waals surface area contributed by atoms with E-state index in [0.29, 0.717) is 44.6 Å². The van der Waals surface area contributed by atoms with Crippen LogP contribution in [0.5, 0.6) is 0 Å². The number of anilines is 1. The van der Waals surface area contributed by atoms with Gasteiger partial charge < -0.3 is 8.94 Å². The molecular formula is C21H17N3O4S. The van der Waals surface area contributed by atoms with Crippen molar-refractivity contribution in [1.29, 1.82) is 0 Å². The van der Waals surface area contributed by atoms with Crippen molar-refractivity contribution < 1.29 is 17.9 Å². The van der Waals surface area contributed by atoms with Gasteiger partial charge in [-0.05, 0) is 37.6 Å². The summed E-state index contributed by atoms with van der Waals surface area (Å²) < 4.78 is 26.3. The van der Waals surface area contributed by atoms with E-state index in [-0.39, 0.29) is 0 Å². The van der Waals surface area contributed by atoms with Crippen molar-refractivity contribution in [3.63, 3.8) is 0 Å². The van der Waals surface area contributed by atoms with Crippen LogP contribution >= 0.6 is 0 Å². The van der Waals surface area contributed by atoms with Crippen LogP contribution in [0.15, 0.2) is 68.8 Å². The Morgan fingerprint density at radius 3 is 2.62 bits per heavy atom. The lowest BCUT2D eigenvalue weighted by Gasteiger charge is -2.12. The van der Waals surface area contributed by atoms with Gasteiger partial charge in [0.25, 0.3) is 0 Å². The monoisotopic (exact) mass is 407 g/mol. The van der Waals surface area contributed by atoms with Crippen LogP contribution in [0.4, 0.5) is 5.82 Å². The van der Waals surface area contributed by atoms with Gasteiger partial charge in [-0.3, -0.25) is 9.52 Å². The Morgan fingerprint density at radius 1 is 1.10 bits per heavy atom. The molecule has 1 N–H and O–H groups in total. The largest absolute Gasteiger partial charge is 0.445 e. The van der Waals surface area contributed by atoms with Crippen molar-refractivity contribution in [2.24, 2.45) is 0 Å². The Balaban J connectivity index is 1.74. The molecular weight excluding hydrogens is 390 g/mol. The van der Waals surface area contributed by atoms with E-state index in [1.807, 2.05) is 25.1 Å². The van der Waals surface area contributed by atoms with Crippen molar-refractivity contribution in [3.05, 3.63) is 71.8 Å². The van der Waals surface area contributed by atoms with Crippen LogP contribution in [0.2, 0.25) is 0 Å². The molecule has 4 rings (SSSR count). The summed E-state index contributed by atoms with van der Waals surface area (Å²) in [4.78, 5) is 16.4. The van der Waals surface area contributed by atoms with Crippen LogP contribution < -0.4 is 4.72 Å². The summed E-state index contributed by atoms with van der Waals surface area (Å²) in [6, 6.07) is 12.5. The quantitative estimate of drug-likeness (QED) is 0.471. The molecule has 1 atom stereocenters. The number of rotatable bonds is 6. The topological polar surface area (TPSA) is 98.2 Å². The maximum Gasteiger partial charge on any atom is 0.225 e. The maximum atomic E-state index is 13.0. The first-order valence-electron chi connectivity index (χ1n) is 8.78. The van der Waals surface area contributed by atoms with Crippen LogP contribution in [0.25, 0.3) is 22.6 Å². The summed E-state index contributed by atoms with van der Waals surface area (Å²) in [5, 5.41) is 3.90. The maximum absolute atomic E-state index is 13.0. The van der Waals surface area contributed by atoms with Crippen molar-refractivity contribution >= 4 is 23.1 Å². The Hall–Kier alpha value is -3.52. The molecule has 0 amide bonds. The zero-order chi connectivity index (χ0) is 20.4. The Bertz CT molecular complexity index is 1200. The average Bonchev–Trinajstić information content (AvgIpc) is 3.39. The molecule has 0 spiro atoms.